The highest BCUT2D eigenvalue weighted by molar-refractivity contribution is 6.73. The molecule has 0 rings (SSSR count). The summed E-state index contributed by atoms with van der Waals surface area (Å²) in [6.45, 7) is 8.03. The van der Waals surface area contributed by atoms with Gasteiger partial charge in [0.25, 0.3) is 0 Å². The zero-order valence-electron chi connectivity index (χ0n) is 7.36. The molecule has 0 saturated heterocycles. The van der Waals surface area contributed by atoms with Gasteiger partial charge in [-0.25, -0.2) is 4.67 Å². The molecule has 1 amide bonds. The van der Waals surface area contributed by atoms with E-state index in [4.69, 9.17) is 0 Å². The van der Waals surface area contributed by atoms with E-state index in [2.05, 4.69) is 25.1 Å². The van der Waals surface area contributed by atoms with Gasteiger partial charge in [0, 0.05) is 6.92 Å². The molecule has 1 N–H and O–H groups in total. The van der Waals surface area contributed by atoms with E-state index in [1.54, 1.807) is 0 Å². The van der Waals surface area contributed by atoms with Crippen molar-refractivity contribution < 1.29 is 4.79 Å². The molecular formula is C6H16N2OSi. The summed E-state index contributed by atoms with van der Waals surface area (Å²) >= 11 is 0. The van der Waals surface area contributed by atoms with Gasteiger partial charge in [-0.15, -0.1) is 0 Å². The van der Waals surface area contributed by atoms with Gasteiger partial charge in [0.15, 0.2) is 0 Å². The first kappa shape index (κ1) is 9.65. The van der Waals surface area contributed by atoms with Gasteiger partial charge < -0.3 is 0 Å². The van der Waals surface area contributed by atoms with Crippen molar-refractivity contribution in [3.63, 3.8) is 0 Å². The van der Waals surface area contributed by atoms with Gasteiger partial charge in [-0.3, -0.25) is 10.2 Å². The zero-order valence-corrected chi connectivity index (χ0v) is 8.36. The second-order valence-corrected chi connectivity index (χ2v) is 8.41. The SMILES string of the molecule is CC(=O)NN(C)[Si](C)(C)C. The normalized spacial score (nSPS) is 11.8. The van der Waals surface area contributed by atoms with E-state index in [9.17, 15) is 4.79 Å². The predicted molar refractivity (Wildman–Crippen MR) is 44.9 cm³/mol. The highest BCUT2D eigenvalue weighted by atomic mass is 28.3. The van der Waals surface area contributed by atoms with E-state index in [1.165, 1.54) is 6.92 Å². The van der Waals surface area contributed by atoms with Crippen molar-refractivity contribution in [3.8, 4) is 0 Å². The Balaban J connectivity index is 3.85. The number of amides is 1. The number of hydrogen-bond donors (Lipinski definition) is 1. The average molecular weight is 160 g/mol. The minimum absolute atomic E-state index is 0.00456. The van der Waals surface area contributed by atoms with Crippen molar-refractivity contribution in [3.05, 3.63) is 0 Å². The topological polar surface area (TPSA) is 32.3 Å². The Hall–Kier alpha value is -0.353. The summed E-state index contributed by atoms with van der Waals surface area (Å²) in [5.74, 6) is 0.00456. The maximum atomic E-state index is 10.6. The van der Waals surface area contributed by atoms with Crippen LogP contribution in [0, 0.1) is 0 Å². The quantitative estimate of drug-likeness (QED) is 0.479. The largest absolute Gasteiger partial charge is 0.296 e. The molecular weight excluding hydrogens is 144 g/mol. The standard InChI is InChI=1S/C6H16N2OSi/c1-6(9)7-8(2)10(3,4)5/h1-5H3,(H,7,9). The third-order valence-electron chi connectivity index (χ3n) is 1.33. The number of carbonyl (C=O) groups excluding carboxylic acids is 1. The summed E-state index contributed by atoms with van der Waals surface area (Å²) in [5.41, 5.74) is 2.74. The van der Waals surface area contributed by atoms with Crippen molar-refractivity contribution in [1.82, 2.24) is 10.1 Å². The van der Waals surface area contributed by atoms with Gasteiger partial charge in [0.2, 0.25) is 5.91 Å². The van der Waals surface area contributed by atoms with Crippen molar-refractivity contribution in [2.24, 2.45) is 0 Å². The van der Waals surface area contributed by atoms with E-state index in [1.807, 2.05) is 11.7 Å². The number of nitrogens with one attached hydrogen (secondary N) is 1. The second-order valence-electron chi connectivity index (χ2n) is 3.40. The lowest BCUT2D eigenvalue weighted by molar-refractivity contribution is -0.121. The fraction of sp³-hybridized carbons (Fsp3) is 0.833. The smallest absolute Gasteiger partial charge is 0.230 e. The first-order chi connectivity index (χ1) is 4.34. The average Bonchev–Trinajstić information content (AvgIpc) is 1.60. The van der Waals surface area contributed by atoms with E-state index in [0.29, 0.717) is 0 Å². The Morgan fingerprint density at radius 2 is 1.80 bits per heavy atom. The van der Waals surface area contributed by atoms with Crippen LogP contribution in [-0.2, 0) is 4.79 Å². The van der Waals surface area contributed by atoms with E-state index in [0.717, 1.165) is 0 Å². The molecule has 4 heteroatoms. The molecule has 10 heavy (non-hydrogen) atoms. The fourth-order valence-corrected chi connectivity index (χ4v) is 0.897. The lowest BCUT2D eigenvalue weighted by Gasteiger charge is -2.29. The number of hydrogen-bond acceptors (Lipinski definition) is 2. The van der Waals surface area contributed by atoms with Crippen LogP contribution in [0.5, 0.6) is 0 Å². The maximum absolute atomic E-state index is 10.6. The minimum Gasteiger partial charge on any atom is -0.296 e. The molecule has 0 aliphatic carbocycles. The Morgan fingerprint density at radius 1 is 1.40 bits per heavy atom. The summed E-state index contributed by atoms with van der Waals surface area (Å²) in [6, 6.07) is 0. The molecule has 0 aliphatic heterocycles. The van der Waals surface area contributed by atoms with Crippen molar-refractivity contribution in [1.29, 1.82) is 0 Å². The third kappa shape index (κ3) is 3.63. The summed E-state index contributed by atoms with van der Waals surface area (Å²) in [5, 5.41) is 0. The minimum atomic E-state index is -1.32. The maximum Gasteiger partial charge on any atom is 0.230 e. The molecule has 0 fully saturated rings. The number of carbonyl (C=O) groups is 1. The molecule has 0 heterocycles. The molecule has 60 valence electrons. The number of rotatable bonds is 2. The van der Waals surface area contributed by atoms with E-state index < -0.39 is 8.24 Å². The van der Waals surface area contributed by atoms with Crippen LogP contribution in [0.25, 0.3) is 0 Å². The Kier molecular flexibility index (Phi) is 3.05. The molecule has 0 bridgehead atoms. The second kappa shape index (κ2) is 3.16. The molecule has 0 aliphatic rings. The first-order valence-corrected chi connectivity index (χ1v) is 6.80. The number of hydrazine groups is 1. The number of nitrogens with zero attached hydrogens (tertiary/aromatic N) is 1. The van der Waals surface area contributed by atoms with Crippen molar-refractivity contribution >= 4 is 14.1 Å². The molecule has 0 radical (unpaired) electrons. The van der Waals surface area contributed by atoms with E-state index in [-0.39, 0.29) is 5.91 Å². The molecule has 0 atom stereocenters. The van der Waals surface area contributed by atoms with Crippen LogP contribution in [0.15, 0.2) is 0 Å². The van der Waals surface area contributed by atoms with Crippen LogP contribution in [-0.4, -0.2) is 25.9 Å². The lowest BCUT2D eigenvalue weighted by atomic mass is 10.8. The monoisotopic (exact) mass is 160 g/mol. The van der Waals surface area contributed by atoms with Gasteiger partial charge in [-0.1, -0.05) is 19.6 Å². The van der Waals surface area contributed by atoms with Gasteiger partial charge in [0.05, 0.1) is 0 Å². The van der Waals surface area contributed by atoms with Crippen LogP contribution < -0.4 is 5.43 Å². The van der Waals surface area contributed by atoms with E-state index >= 15 is 0 Å². The van der Waals surface area contributed by atoms with Crippen LogP contribution in [0.2, 0.25) is 19.6 Å². The summed E-state index contributed by atoms with van der Waals surface area (Å²) in [7, 11) is 0.588. The molecule has 0 unspecified atom stereocenters. The highest BCUT2D eigenvalue weighted by Gasteiger charge is 2.20. The summed E-state index contributed by atoms with van der Waals surface area (Å²) in [6.07, 6.45) is 0. The van der Waals surface area contributed by atoms with Gasteiger partial charge in [-0.2, -0.15) is 0 Å². The zero-order chi connectivity index (χ0) is 8.36. The Bertz CT molecular complexity index is 130. The highest BCUT2D eigenvalue weighted by Crippen LogP contribution is 2.01. The summed E-state index contributed by atoms with van der Waals surface area (Å²) < 4.78 is 1.93. The summed E-state index contributed by atoms with van der Waals surface area (Å²) in [4.78, 5) is 10.6. The van der Waals surface area contributed by atoms with Crippen LogP contribution in [0.4, 0.5) is 0 Å². The third-order valence-corrected chi connectivity index (χ3v) is 3.46. The van der Waals surface area contributed by atoms with Crippen molar-refractivity contribution in [2.75, 3.05) is 7.05 Å². The molecule has 3 nitrogen and oxygen atoms in total. The Morgan fingerprint density at radius 3 is 1.90 bits per heavy atom. The van der Waals surface area contributed by atoms with Gasteiger partial charge in [0.1, 0.15) is 8.24 Å². The van der Waals surface area contributed by atoms with Crippen LogP contribution in [0.1, 0.15) is 6.92 Å². The van der Waals surface area contributed by atoms with Crippen LogP contribution in [0.3, 0.4) is 0 Å². The van der Waals surface area contributed by atoms with Gasteiger partial charge >= 0.3 is 0 Å². The lowest BCUT2D eigenvalue weighted by Crippen LogP contribution is -2.52. The van der Waals surface area contributed by atoms with Crippen molar-refractivity contribution in [2.45, 2.75) is 26.6 Å². The van der Waals surface area contributed by atoms with Crippen LogP contribution >= 0.6 is 0 Å². The fourth-order valence-electron chi connectivity index (χ4n) is 0.404. The molecule has 0 aromatic heterocycles. The molecule has 0 saturated carbocycles. The molecule has 0 aromatic carbocycles. The molecule has 0 spiro atoms. The van der Waals surface area contributed by atoms with Gasteiger partial charge in [-0.05, 0) is 7.05 Å². The molecule has 0 aromatic rings. The Labute approximate surface area is 63.5 Å². The first-order valence-electron chi connectivity index (χ1n) is 3.35. The predicted octanol–water partition coefficient (Wildman–Crippen LogP) is 0.804.